The lowest BCUT2D eigenvalue weighted by Crippen LogP contribution is -2.60. The molecule has 54 heavy (non-hydrogen) atoms. The van der Waals surface area contributed by atoms with Crippen molar-refractivity contribution in [3.63, 3.8) is 0 Å². The first-order valence-electron chi connectivity index (χ1n) is 18.8. The number of nitrogens with two attached hydrogens (primary N) is 2. The third-order valence-corrected chi connectivity index (χ3v) is 9.98. The Morgan fingerprint density at radius 2 is 1.30 bits per heavy atom. The highest BCUT2D eigenvalue weighted by molar-refractivity contribution is 6.31. The van der Waals surface area contributed by atoms with Crippen molar-refractivity contribution in [3.8, 4) is 11.5 Å². The predicted octanol–water partition coefficient (Wildman–Crippen LogP) is 5.02. The number of aryl methyl sites for hydroxylation is 2. The van der Waals surface area contributed by atoms with E-state index in [2.05, 4.69) is 39.6 Å². The van der Waals surface area contributed by atoms with Crippen LogP contribution in [0.5, 0.6) is 11.5 Å². The van der Waals surface area contributed by atoms with Crippen molar-refractivity contribution < 1.29 is 37.8 Å². The fourth-order valence-corrected chi connectivity index (χ4v) is 6.99. The van der Waals surface area contributed by atoms with Crippen LogP contribution in [0.1, 0.15) is 73.0 Å². The molecule has 1 aliphatic rings. The summed E-state index contributed by atoms with van der Waals surface area (Å²) in [5.41, 5.74) is 14.1. The lowest BCUT2D eigenvalue weighted by Gasteiger charge is -2.45. The van der Waals surface area contributed by atoms with E-state index >= 15 is 0 Å². The summed E-state index contributed by atoms with van der Waals surface area (Å²) in [6.07, 6.45) is 7.75. The number of aromatic nitrogens is 2. The van der Waals surface area contributed by atoms with Crippen molar-refractivity contribution in [1.82, 2.24) is 15.3 Å². The molecule has 0 unspecified atom stereocenters. The third-order valence-electron chi connectivity index (χ3n) is 9.70. The molecule has 1 saturated heterocycles. The highest BCUT2D eigenvalue weighted by atomic mass is 35.5. The van der Waals surface area contributed by atoms with Gasteiger partial charge in [0.05, 0.1) is 32.2 Å². The number of quaternary nitrogens is 1. The van der Waals surface area contributed by atoms with E-state index in [0.717, 1.165) is 69.2 Å². The van der Waals surface area contributed by atoms with Gasteiger partial charge in [0.1, 0.15) is 24.7 Å². The molecule has 14 heteroatoms. The van der Waals surface area contributed by atoms with Crippen LogP contribution in [0.2, 0.25) is 5.15 Å². The molecular formula is C40H56ClN6O7+. The normalized spacial score (nSPS) is 15.1. The summed E-state index contributed by atoms with van der Waals surface area (Å²) in [6, 6.07) is 15.8. The Kier molecular flexibility index (Phi) is 17.4. The van der Waals surface area contributed by atoms with Crippen molar-refractivity contribution in [2.45, 2.75) is 70.3 Å². The molecule has 0 saturated carbocycles. The number of carbonyl (C=O) groups is 3. The molecule has 0 radical (unpaired) electrons. The molecule has 1 fully saturated rings. The van der Waals surface area contributed by atoms with Crippen molar-refractivity contribution in [3.05, 3.63) is 70.5 Å². The fraction of sp³-hybridized carbons (Fsp3) is 0.525. The zero-order valence-electron chi connectivity index (χ0n) is 31.7. The van der Waals surface area contributed by atoms with E-state index in [1.807, 2.05) is 24.3 Å². The second-order valence-corrected chi connectivity index (χ2v) is 14.3. The SMILES string of the molecule is COCCCC(=O)COc1ccc(CCC[N+]2(CCCc3ccc(OCC(=O)CCCOC)cc3)CCC[C@H](NC(=O)c3nc(Cl)c(N)nc3N)C2)cc1. The molecule has 0 bridgehead atoms. The van der Waals surface area contributed by atoms with E-state index in [4.69, 9.17) is 42.0 Å². The molecule has 5 N–H and O–H groups in total. The number of amides is 1. The van der Waals surface area contributed by atoms with Gasteiger partial charge in [0.25, 0.3) is 5.91 Å². The Balaban J connectivity index is 1.35. The van der Waals surface area contributed by atoms with Gasteiger partial charge in [-0.05, 0) is 73.9 Å². The summed E-state index contributed by atoms with van der Waals surface area (Å²) in [5.74, 6) is 0.977. The molecule has 13 nitrogen and oxygen atoms in total. The molecule has 4 rings (SSSR count). The van der Waals surface area contributed by atoms with Crippen molar-refractivity contribution in [2.24, 2.45) is 0 Å². The summed E-state index contributed by atoms with van der Waals surface area (Å²) in [7, 11) is 3.25. The zero-order valence-corrected chi connectivity index (χ0v) is 32.4. The van der Waals surface area contributed by atoms with E-state index in [0.29, 0.717) is 50.4 Å². The van der Waals surface area contributed by atoms with Gasteiger partial charge in [0.15, 0.2) is 34.0 Å². The Hall–Kier alpha value is -4.30. The third kappa shape index (κ3) is 14.2. The van der Waals surface area contributed by atoms with Crippen molar-refractivity contribution >= 4 is 40.7 Å². The lowest BCUT2D eigenvalue weighted by atomic mass is 9.99. The first-order chi connectivity index (χ1) is 26.1. The molecule has 1 aliphatic heterocycles. The quantitative estimate of drug-likeness (QED) is 0.0824. The predicted molar refractivity (Wildman–Crippen MR) is 209 cm³/mol. The summed E-state index contributed by atoms with van der Waals surface area (Å²) in [5, 5.41) is 3.09. The first kappa shape index (κ1) is 42.4. The van der Waals surface area contributed by atoms with Gasteiger partial charge in [-0.25, -0.2) is 9.97 Å². The van der Waals surface area contributed by atoms with Crippen LogP contribution >= 0.6 is 11.6 Å². The number of nitrogens with one attached hydrogen (secondary N) is 1. The van der Waals surface area contributed by atoms with Gasteiger partial charge in [0, 0.05) is 53.1 Å². The molecule has 294 valence electrons. The van der Waals surface area contributed by atoms with E-state index in [1.54, 1.807) is 14.2 Å². The number of methoxy groups -OCH3 is 2. The van der Waals surface area contributed by atoms with Gasteiger partial charge >= 0.3 is 0 Å². The minimum atomic E-state index is -0.412. The minimum absolute atomic E-state index is 0.0176. The number of benzene rings is 2. The van der Waals surface area contributed by atoms with Crippen LogP contribution in [-0.2, 0) is 31.9 Å². The average Bonchev–Trinajstić information content (AvgIpc) is 3.16. The Morgan fingerprint density at radius 1 is 0.778 bits per heavy atom. The molecule has 1 amide bonds. The number of ether oxygens (including phenoxy) is 4. The zero-order chi connectivity index (χ0) is 38.8. The van der Waals surface area contributed by atoms with Gasteiger partial charge < -0.3 is 40.2 Å². The number of Topliss-reactive ketones (excluding diaryl/α,β-unsaturated/α-hetero) is 2. The highest BCUT2D eigenvalue weighted by Crippen LogP contribution is 2.25. The van der Waals surface area contributed by atoms with Gasteiger partial charge in [0.2, 0.25) is 0 Å². The maximum absolute atomic E-state index is 13.3. The van der Waals surface area contributed by atoms with Crippen LogP contribution in [0.3, 0.4) is 0 Å². The van der Waals surface area contributed by atoms with Crippen LogP contribution in [0.4, 0.5) is 11.6 Å². The number of nitrogen functional groups attached to an aromatic ring is 2. The number of halogens is 1. The number of carbonyl (C=O) groups excluding carboxylic acids is 3. The van der Waals surface area contributed by atoms with Crippen LogP contribution in [0, 0.1) is 0 Å². The number of nitrogens with zero attached hydrogens (tertiary/aromatic N) is 3. The Morgan fingerprint density at radius 3 is 1.80 bits per heavy atom. The highest BCUT2D eigenvalue weighted by Gasteiger charge is 2.35. The molecule has 1 aromatic heterocycles. The number of anilines is 2. The standard InChI is InChI=1S/C40H55ClN6O7/c1-51-24-6-11-32(48)27-53-34-17-13-29(14-18-34)8-3-21-47(22-4-9-30-15-19-35(20-16-30)54-28-33(49)12-7-25-52-2)23-5-10-31(26-47)44-40(50)36-38(42)46-39(43)37(41)45-36/h13-20,31H,3-12,21-28H2,1-2H3,(H4-,42,43,44,46,50)/p+1/t31-/m0/s1. The van der Waals surface area contributed by atoms with Crippen LogP contribution < -0.4 is 26.3 Å². The summed E-state index contributed by atoms with van der Waals surface area (Å²) in [6.45, 7) is 4.91. The van der Waals surface area contributed by atoms with Gasteiger partial charge in [-0.2, -0.15) is 0 Å². The largest absolute Gasteiger partial charge is 0.486 e. The topological polar surface area (TPSA) is 178 Å². The van der Waals surface area contributed by atoms with Gasteiger partial charge in [-0.1, -0.05) is 35.9 Å². The fourth-order valence-electron chi connectivity index (χ4n) is 6.86. The maximum Gasteiger partial charge on any atom is 0.274 e. The number of ketones is 2. The molecular weight excluding hydrogens is 712 g/mol. The lowest BCUT2D eigenvalue weighted by molar-refractivity contribution is -0.933. The molecule has 1 atom stereocenters. The van der Waals surface area contributed by atoms with E-state index < -0.39 is 5.91 Å². The monoisotopic (exact) mass is 767 g/mol. The second kappa shape index (κ2) is 22.2. The van der Waals surface area contributed by atoms with E-state index in [9.17, 15) is 14.4 Å². The molecule has 2 heterocycles. The molecule has 3 aromatic rings. The van der Waals surface area contributed by atoms with Crippen molar-refractivity contribution in [1.29, 1.82) is 0 Å². The number of piperidine rings is 1. The number of hydrogen-bond acceptors (Lipinski definition) is 11. The second-order valence-electron chi connectivity index (χ2n) is 14.0. The van der Waals surface area contributed by atoms with Gasteiger partial charge in [-0.15, -0.1) is 0 Å². The summed E-state index contributed by atoms with van der Waals surface area (Å²) < 4.78 is 22.3. The van der Waals surface area contributed by atoms with Crippen LogP contribution in [0.15, 0.2) is 48.5 Å². The average molecular weight is 768 g/mol. The summed E-state index contributed by atoms with van der Waals surface area (Å²) in [4.78, 5) is 45.5. The van der Waals surface area contributed by atoms with E-state index in [-0.39, 0.29) is 53.3 Å². The molecule has 0 aliphatic carbocycles. The van der Waals surface area contributed by atoms with Crippen LogP contribution in [0.25, 0.3) is 0 Å². The van der Waals surface area contributed by atoms with Gasteiger partial charge in [-0.3, -0.25) is 14.4 Å². The molecule has 2 aromatic carbocycles. The first-order valence-corrected chi connectivity index (χ1v) is 19.2. The maximum atomic E-state index is 13.3. The number of rotatable bonds is 24. The Labute approximate surface area is 323 Å². The van der Waals surface area contributed by atoms with Crippen LogP contribution in [-0.4, -0.2) is 105 Å². The Bertz CT molecular complexity index is 1570. The van der Waals surface area contributed by atoms with E-state index in [1.165, 1.54) is 11.1 Å². The number of hydrogen-bond donors (Lipinski definition) is 3. The number of likely N-dealkylation sites (tertiary alicyclic amines) is 1. The minimum Gasteiger partial charge on any atom is -0.486 e. The van der Waals surface area contributed by atoms with Crippen molar-refractivity contribution in [2.75, 3.05) is 78.3 Å². The summed E-state index contributed by atoms with van der Waals surface area (Å²) >= 11 is 6.06. The smallest absolute Gasteiger partial charge is 0.274 e. The molecule has 0 spiro atoms.